The largest absolute Gasteiger partial charge is 0.385 e. The fourth-order valence-corrected chi connectivity index (χ4v) is 2.41. The Morgan fingerprint density at radius 3 is 3.22 bits per heavy atom. The highest BCUT2D eigenvalue weighted by Gasteiger charge is 2.12. The first-order valence-corrected chi connectivity index (χ1v) is 6.52. The highest BCUT2D eigenvalue weighted by molar-refractivity contribution is 6.99. The van der Waals surface area contributed by atoms with Crippen molar-refractivity contribution in [2.75, 3.05) is 17.2 Å². The molecule has 3 rings (SSSR count). The van der Waals surface area contributed by atoms with Crippen molar-refractivity contribution in [3.8, 4) is 0 Å². The van der Waals surface area contributed by atoms with E-state index in [1.165, 1.54) is 11.8 Å². The molecule has 5 nitrogen and oxygen atoms in total. The molecule has 0 bridgehead atoms. The van der Waals surface area contributed by atoms with Gasteiger partial charge in [0, 0.05) is 17.9 Å². The summed E-state index contributed by atoms with van der Waals surface area (Å²) in [5.74, 6) is -0.223. The zero-order chi connectivity index (χ0) is 12.4. The van der Waals surface area contributed by atoms with Crippen LogP contribution in [0.4, 0.5) is 11.4 Å². The fraction of sp³-hybridized carbons (Fsp3) is 0.250. The van der Waals surface area contributed by atoms with Crippen LogP contribution in [0.3, 0.4) is 0 Å². The summed E-state index contributed by atoms with van der Waals surface area (Å²) in [6.07, 6.45) is 3.71. The van der Waals surface area contributed by atoms with Crippen molar-refractivity contribution in [1.29, 1.82) is 0 Å². The van der Waals surface area contributed by atoms with E-state index in [9.17, 15) is 4.79 Å². The van der Waals surface area contributed by atoms with Gasteiger partial charge in [0.1, 0.15) is 0 Å². The molecule has 0 saturated heterocycles. The van der Waals surface area contributed by atoms with Gasteiger partial charge in [0.05, 0.1) is 17.9 Å². The first kappa shape index (κ1) is 11.2. The summed E-state index contributed by atoms with van der Waals surface area (Å²) < 4.78 is 7.72. The van der Waals surface area contributed by atoms with Gasteiger partial charge in [-0.1, -0.05) is 6.07 Å². The highest BCUT2D eigenvalue weighted by atomic mass is 32.1. The smallest absolute Gasteiger partial charge is 0.277 e. The minimum Gasteiger partial charge on any atom is -0.385 e. The molecule has 18 heavy (non-hydrogen) atoms. The van der Waals surface area contributed by atoms with Gasteiger partial charge in [-0.15, -0.1) is 0 Å². The molecule has 2 aromatic rings. The number of aryl methyl sites for hydroxylation is 1. The zero-order valence-electron chi connectivity index (χ0n) is 9.64. The molecule has 0 radical (unpaired) electrons. The molecule has 0 spiro atoms. The van der Waals surface area contributed by atoms with E-state index in [0.717, 1.165) is 42.5 Å². The Kier molecular flexibility index (Phi) is 2.93. The lowest BCUT2D eigenvalue weighted by atomic mass is 10.0. The SMILES string of the molecule is O=C(Nc1ccc2c(c1)NCCC2)c1cnsn1. The normalized spacial score (nSPS) is 13.6. The molecular formula is C12H12N4OS. The predicted octanol–water partition coefficient (Wildman–Crippen LogP) is 2.15. The molecule has 1 aromatic heterocycles. The fourth-order valence-electron chi connectivity index (χ4n) is 2.00. The molecule has 2 heterocycles. The third kappa shape index (κ3) is 2.19. The summed E-state index contributed by atoms with van der Waals surface area (Å²) in [7, 11) is 0. The summed E-state index contributed by atoms with van der Waals surface area (Å²) in [5, 5.41) is 6.15. The molecule has 1 amide bonds. The Bertz CT molecular complexity index is 567. The van der Waals surface area contributed by atoms with E-state index >= 15 is 0 Å². The van der Waals surface area contributed by atoms with Crippen LogP contribution in [-0.4, -0.2) is 21.2 Å². The van der Waals surface area contributed by atoms with Crippen LogP contribution in [0.25, 0.3) is 0 Å². The van der Waals surface area contributed by atoms with Gasteiger partial charge in [-0.25, -0.2) is 0 Å². The molecular weight excluding hydrogens is 248 g/mol. The van der Waals surface area contributed by atoms with Crippen LogP contribution < -0.4 is 10.6 Å². The molecule has 0 unspecified atom stereocenters. The Balaban J connectivity index is 1.79. The summed E-state index contributed by atoms with van der Waals surface area (Å²) in [5.41, 5.74) is 3.54. The predicted molar refractivity (Wildman–Crippen MR) is 71.1 cm³/mol. The number of fused-ring (bicyclic) bond motifs is 1. The van der Waals surface area contributed by atoms with Gasteiger partial charge < -0.3 is 10.6 Å². The molecule has 0 fully saturated rings. The summed E-state index contributed by atoms with van der Waals surface area (Å²) in [6.45, 7) is 0.987. The van der Waals surface area contributed by atoms with Crippen LogP contribution in [0.15, 0.2) is 24.4 Å². The molecule has 0 aliphatic carbocycles. The standard InChI is InChI=1S/C12H12N4OS/c17-12(11-7-14-18-16-11)15-9-4-3-8-2-1-5-13-10(8)6-9/h3-4,6-7,13H,1-2,5H2,(H,15,17). The van der Waals surface area contributed by atoms with Gasteiger partial charge in [0.25, 0.3) is 5.91 Å². The Hall–Kier alpha value is -1.95. The van der Waals surface area contributed by atoms with Gasteiger partial charge in [0.15, 0.2) is 5.69 Å². The van der Waals surface area contributed by atoms with Crippen molar-refractivity contribution in [3.05, 3.63) is 35.7 Å². The lowest BCUT2D eigenvalue weighted by Gasteiger charge is -2.18. The number of aromatic nitrogens is 2. The average Bonchev–Trinajstić information content (AvgIpc) is 2.92. The lowest BCUT2D eigenvalue weighted by molar-refractivity contribution is 0.102. The minimum atomic E-state index is -0.223. The summed E-state index contributed by atoms with van der Waals surface area (Å²) in [4.78, 5) is 11.8. The van der Waals surface area contributed by atoms with Crippen molar-refractivity contribution in [3.63, 3.8) is 0 Å². The molecule has 1 aliphatic heterocycles. The van der Waals surface area contributed by atoms with E-state index < -0.39 is 0 Å². The number of rotatable bonds is 2. The zero-order valence-corrected chi connectivity index (χ0v) is 10.5. The van der Waals surface area contributed by atoms with Gasteiger partial charge in [-0.05, 0) is 30.5 Å². The maximum absolute atomic E-state index is 11.8. The number of amides is 1. The number of carbonyl (C=O) groups excluding carboxylic acids is 1. The first-order chi connectivity index (χ1) is 8.83. The van der Waals surface area contributed by atoms with E-state index in [-0.39, 0.29) is 5.91 Å². The number of nitrogens with zero attached hydrogens (tertiary/aromatic N) is 2. The van der Waals surface area contributed by atoms with Crippen molar-refractivity contribution in [1.82, 2.24) is 8.75 Å². The van der Waals surface area contributed by atoms with Crippen LogP contribution >= 0.6 is 11.7 Å². The van der Waals surface area contributed by atoms with Crippen LogP contribution in [-0.2, 0) is 6.42 Å². The molecule has 0 saturated carbocycles. The molecule has 92 valence electrons. The van der Waals surface area contributed by atoms with E-state index in [0.29, 0.717) is 5.69 Å². The maximum Gasteiger partial charge on any atom is 0.277 e. The number of hydrogen-bond donors (Lipinski definition) is 2. The molecule has 2 N–H and O–H groups in total. The van der Waals surface area contributed by atoms with E-state index in [4.69, 9.17) is 0 Å². The van der Waals surface area contributed by atoms with Crippen LogP contribution in [0, 0.1) is 0 Å². The quantitative estimate of drug-likeness (QED) is 0.868. The van der Waals surface area contributed by atoms with Gasteiger partial charge >= 0.3 is 0 Å². The first-order valence-electron chi connectivity index (χ1n) is 5.78. The second-order valence-corrected chi connectivity index (χ2v) is 4.71. The Morgan fingerprint density at radius 2 is 2.39 bits per heavy atom. The van der Waals surface area contributed by atoms with E-state index in [1.54, 1.807) is 0 Å². The third-order valence-electron chi connectivity index (χ3n) is 2.90. The maximum atomic E-state index is 11.8. The number of carbonyl (C=O) groups is 1. The molecule has 0 atom stereocenters. The number of anilines is 2. The highest BCUT2D eigenvalue weighted by Crippen LogP contribution is 2.25. The van der Waals surface area contributed by atoms with Gasteiger partial charge in [-0.3, -0.25) is 4.79 Å². The second-order valence-electron chi connectivity index (χ2n) is 4.15. The van der Waals surface area contributed by atoms with Crippen molar-refractivity contribution >= 4 is 29.0 Å². The minimum absolute atomic E-state index is 0.223. The number of benzene rings is 1. The van der Waals surface area contributed by atoms with Gasteiger partial charge in [0.2, 0.25) is 0 Å². The lowest BCUT2D eigenvalue weighted by Crippen LogP contribution is -2.14. The average molecular weight is 260 g/mol. The monoisotopic (exact) mass is 260 g/mol. The van der Waals surface area contributed by atoms with E-state index in [2.05, 4.69) is 25.4 Å². The topological polar surface area (TPSA) is 66.9 Å². The van der Waals surface area contributed by atoms with E-state index in [1.807, 2.05) is 12.1 Å². The molecule has 1 aliphatic rings. The van der Waals surface area contributed by atoms with Crippen molar-refractivity contribution in [2.24, 2.45) is 0 Å². The molecule has 1 aromatic carbocycles. The van der Waals surface area contributed by atoms with Crippen LogP contribution in [0.5, 0.6) is 0 Å². The number of nitrogens with one attached hydrogen (secondary N) is 2. The van der Waals surface area contributed by atoms with Gasteiger partial charge in [-0.2, -0.15) is 8.75 Å². The summed E-state index contributed by atoms with van der Waals surface area (Å²) in [6, 6.07) is 5.94. The Morgan fingerprint density at radius 1 is 1.44 bits per heavy atom. The van der Waals surface area contributed by atoms with Crippen LogP contribution in [0.1, 0.15) is 22.5 Å². The third-order valence-corrected chi connectivity index (χ3v) is 3.38. The summed E-state index contributed by atoms with van der Waals surface area (Å²) >= 11 is 1.03. The Labute approximate surface area is 109 Å². The van der Waals surface area contributed by atoms with Crippen molar-refractivity contribution in [2.45, 2.75) is 12.8 Å². The second kappa shape index (κ2) is 4.73. The number of hydrogen-bond acceptors (Lipinski definition) is 5. The molecule has 6 heteroatoms. The van der Waals surface area contributed by atoms with Crippen LogP contribution in [0.2, 0.25) is 0 Å². The van der Waals surface area contributed by atoms with Crippen molar-refractivity contribution < 1.29 is 4.79 Å².